The molecular weight excluding hydrogens is 180 g/mol. The average Bonchev–Trinajstić information content (AvgIpc) is 2.32. The Kier molecular flexibility index (Phi) is 14.2. The highest BCUT2D eigenvalue weighted by atomic mass is 13.9. The third-order valence-corrected chi connectivity index (χ3v) is 1.90. The van der Waals surface area contributed by atoms with E-state index in [-0.39, 0.29) is 0 Å². The molecule has 85 valence electrons. The Morgan fingerprint density at radius 2 is 1.53 bits per heavy atom. The van der Waals surface area contributed by atoms with Gasteiger partial charge in [0.1, 0.15) is 0 Å². The molecule has 1 rings (SSSR count). The molecule has 0 N–H and O–H groups in total. The molecule has 0 aliphatic carbocycles. The van der Waals surface area contributed by atoms with Crippen LogP contribution in [0.2, 0.25) is 0 Å². The first kappa shape index (κ1) is 16.4. The molecule has 0 saturated heterocycles. The van der Waals surface area contributed by atoms with E-state index < -0.39 is 0 Å². The molecule has 0 heterocycles. The van der Waals surface area contributed by atoms with Gasteiger partial charge >= 0.3 is 0 Å². The number of aryl methyl sites for hydroxylation is 1. The molecule has 0 spiro atoms. The highest BCUT2D eigenvalue weighted by molar-refractivity contribution is 5.24. The monoisotopic (exact) mass is 205 g/mol. The van der Waals surface area contributed by atoms with Gasteiger partial charge in [0.25, 0.3) is 0 Å². The van der Waals surface area contributed by atoms with E-state index >= 15 is 0 Å². The summed E-state index contributed by atoms with van der Waals surface area (Å²) in [7, 11) is 0. The lowest BCUT2D eigenvalue weighted by molar-refractivity contribution is 0.886. The molecule has 0 heteroatoms. The summed E-state index contributed by atoms with van der Waals surface area (Å²) in [5.74, 6) is 0. The van der Waals surface area contributed by atoms with Gasteiger partial charge in [0.05, 0.1) is 0 Å². The van der Waals surface area contributed by atoms with Crippen LogP contribution in [0.5, 0.6) is 0 Å². The van der Waals surface area contributed by atoms with Gasteiger partial charge in [-0.3, -0.25) is 0 Å². The van der Waals surface area contributed by atoms with Crippen molar-refractivity contribution in [3.05, 3.63) is 55.5 Å². The van der Waals surface area contributed by atoms with E-state index in [1.807, 2.05) is 12.1 Å². The summed E-state index contributed by atoms with van der Waals surface area (Å²) >= 11 is 0. The van der Waals surface area contributed by atoms with Gasteiger partial charge in [-0.1, -0.05) is 57.9 Å². The molecule has 15 heavy (non-hydrogen) atoms. The predicted octanol–water partition coefficient (Wildman–Crippen LogP) is 5.04. The molecule has 0 unspecified atom stereocenters. The first-order chi connectivity index (χ1) is 7.24. The Labute approximate surface area is 96.0 Å². The highest BCUT2D eigenvalue weighted by Gasteiger charge is 1.85. The first-order valence-electron chi connectivity index (χ1n) is 5.65. The van der Waals surface area contributed by atoms with Crippen LogP contribution in [0.1, 0.15) is 44.7 Å². The first-order valence-corrected chi connectivity index (χ1v) is 5.65. The molecule has 0 bridgehead atoms. The van der Waals surface area contributed by atoms with E-state index in [0.717, 1.165) is 12.0 Å². The summed E-state index contributed by atoms with van der Waals surface area (Å²) in [4.78, 5) is 0. The molecule has 0 aliphatic heterocycles. The minimum atomic E-state index is 1.10. The zero-order chi connectivity index (χ0) is 12.1. The topological polar surface area (TPSA) is 0 Å². The lowest BCUT2D eigenvalue weighted by Gasteiger charge is -1.95. The molecule has 0 amide bonds. The van der Waals surface area contributed by atoms with E-state index in [1.165, 1.54) is 18.4 Å². The number of rotatable bonds is 2. The van der Waals surface area contributed by atoms with Crippen molar-refractivity contribution in [1.29, 1.82) is 0 Å². The fourth-order valence-electron chi connectivity index (χ4n) is 0.850. The van der Waals surface area contributed by atoms with Gasteiger partial charge in [-0.05, 0) is 24.5 Å². The van der Waals surface area contributed by atoms with Crippen molar-refractivity contribution in [1.82, 2.24) is 0 Å². The fraction of sp³-hybridized carbons (Fsp3) is 0.400. The standard InChI is InChI=1S/C9H11.C4H10.C2H4/c1-3-9-6-4-5-8(2)7-9;1-3-4-2;1-2/h4-7H,2-3H2,1H3;3-4H2,1-2H3;1-2H2. The molecule has 0 aromatic heterocycles. The second-order valence-corrected chi connectivity index (χ2v) is 3.17. The summed E-state index contributed by atoms with van der Waals surface area (Å²) in [6, 6.07) is 8.29. The fourth-order valence-corrected chi connectivity index (χ4v) is 0.850. The van der Waals surface area contributed by atoms with Gasteiger partial charge in [0.2, 0.25) is 0 Å². The number of benzene rings is 1. The highest BCUT2D eigenvalue weighted by Crippen LogP contribution is 2.03. The smallest absolute Gasteiger partial charge is 0.0238 e. The van der Waals surface area contributed by atoms with E-state index in [4.69, 9.17) is 0 Å². The van der Waals surface area contributed by atoms with Crippen LogP contribution in [-0.4, -0.2) is 0 Å². The van der Waals surface area contributed by atoms with Gasteiger partial charge in [-0.15, -0.1) is 13.2 Å². The molecule has 0 fully saturated rings. The Morgan fingerprint density at radius 3 is 1.80 bits per heavy atom. The average molecular weight is 205 g/mol. The Morgan fingerprint density at radius 1 is 1.00 bits per heavy atom. The van der Waals surface area contributed by atoms with Crippen LogP contribution in [0.3, 0.4) is 0 Å². The van der Waals surface area contributed by atoms with Gasteiger partial charge in [-0.2, -0.15) is 0 Å². The van der Waals surface area contributed by atoms with Crippen molar-refractivity contribution in [3.8, 4) is 0 Å². The van der Waals surface area contributed by atoms with Crippen LogP contribution in [0.4, 0.5) is 0 Å². The minimum absolute atomic E-state index is 1.10. The van der Waals surface area contributed by atoms with E-state index in [0.29, 0.717) is 0 Å². The van der Waals surface area contributed by atoms with E-state index in [1.54, 1.807) is 0 Å². The van der Waals surface area contributed by atoms with Gasteiger partial charge in [0, 0.05) is 0 Å². The van der Waals surface area contributed by atoms with Crippen LogP contribution in [0.15, 0.2) is 37.4 Å². The zero-order valence-corrected chi connectivity index (χ0v) is 10.6. The van der Waals surface area contributed by atoms with Crippen molar-refractivity contribution in [2.24, 2.45) is 0 Å². The third-order valence-electron chi connectivity index (χ3n) is 1.90. The van der Waals surface area contributed by atoms with E-state index in [2.05, 4.69) is 53.0 Å². The lowest BCUT2D eigenvalue weighted by atomic mass is 10.1. The summed E-state index contributed by atoms with van der Waals surface area (Å²) in [6.07, 6.45) is 3.74. The third kappa shape index (κ3) is 10.9. The maximum absolute atomic E-state index is 3.83. The van der Waals surface area contributed by atoms with Crippen molar-refractivity contribution < 1.29 is 0 Å². The number of hydrogen-bond donors (Lipinski definition) is 0. The van der Waals surface area contributed by atoms with E-state index in [9.17, 15) is 0 Å². The van der Waals surface area contributed by atoms with Crippen LogP contribution >= 0.6 is 0 Å². The molecule has 1 aromatic rings. The maximum atomic E-state index is 3.83. The lowest BCUT2D eigenvalue weighted by Crippen LogP contribution is -1.78. The van der Waals surface area contributed by atoms with Crippen LogP contribution in [0.25, 0.3) is 0 Å². The predicted molar refractivity (Wildman–Crippen MR) is 72.1 cm³/mol. The summed E-state index contributed by atoms with van der Waals surface area (Å²) in [6.45, 7) is 16.3. The minimum Gasteiger partial charge on any atom is -0.106 e. The Balaban J connectivity index is 0. The van der Waals surface area contributed by atoms with Gasteiger partial charge in [0.15, 0.2) is 0 Å². The van der Waals surface area contributed by atoms with Crippen molar-refractivity contribution in [2.75, 3.05) is 0 Å². The number of hydrogen-bond acceptors (Lipinski definition) is 0. The van der Waals surface area contributed by atoms with Crippen LogP contribution < -0.4 is 0 Å². The van der Waals surface area contributed by atoms with Crippen molar-refractivity contribution >= 4 is 0 Å². The summed E-state index contributed by atoms with van der Waals surface area (Å²) in [5, 5.41) is 0. The molecular formula is C15H25. The Bertz CT molecular complexity index is 223. The van der Waals surface area contributed by atoms with Crippen molar-refractivity contribution in [2.45, 2.75) is 40.0 Å². The molecule has 1 aromatic carbocycles. The molecule has 0 nitrogen and oxygen atoms in total. The SMILES string of the molecule is C=C.CCCC.[CH2]c1cccc(CC)c1. The largest absolute Gasteiger partial charge is 0.106 e. The normalized spacial score (nSPS) is 8.00. The van der Waals surface area contributed by atoms with Crippen LogP contribution in [0, 0.1) is 6.92 Å². The Hall–Kier alpha value is -1.04. The molecule has 0 aliphatic rings. The van der Waals surface area contributed by atoms with Gasteiger partial charge < -0.3 is 0 Å². The van der Waals surface area contributed by atoms with Crippen LogP contribution in [-0.2, 0) is 6.42 Å². The second-order valence-electron chi connectivity index (χ2n) is 3.17. The second kappa shape index (κ2) is 13.0. The summed E-state index contributed by atoms with van der Waals surface area (Å²) in [5.41, 5.74) is 2.47. The number of unbranched alkanes of at least 4 members (excludes halogenated alkanes) is 1. The zero-order valence-electron chi connectivity index (χ0n) is 10.6. The van der Waals surface area contributed by atoms with Crippen molar-refractivity contribution in [3.63, 3.8) is 0 Å². The molecule has 0 saturated carbocycles. The molecule has 0 atom stereocenters. The maximum Gasteiger partial charge on any atom is -0.0238 e. The summed E-state index contributed by atoms with van der Waals surface area (Å²) < 4.78 is 0. The molecule has 1 radical (unpaired) electrons. The van der Waals surface area contributed by atoms with Gasteiger partial charge in [-0.25, -0.2) is 0 Å². The quantitative estimate of drug-likeness (QED) is 0.593.